The van der Waals surface area contributed by atoms with Gasteiger partial charge >= 0.3 is 0 Å². The number of methoxy groups -OCH3 is 1. The zero-order chi connectivity index (χ0) is 25.5. The van der Waals surface area contributed by atoms with E-state index in [1.54, 1.807) is 24.3 Å². The summed E-state index contributed by atoms with van der Waals surface area (Å²) in [6.45, 7) is 9.14. The molecule has 3 rings (SSSR count). The Morgan fingerprint density at radius 2 is 1.77 bits per heavy atom. The van der Waals surface area contributed by atoms with Gasteiger partial charge in [-0.25, -0.2) is 4.39 Å². The van der Waals surface area contributed by atoms with Crippen molar-refractivity contribution in [3.8, 4) is 11.5 Å². The fourth-order valence-corrected chi connectivity index (χ4v) is 4.18. The van der Waals surface area contributed by atoms with E-state index in [-0.39, 0.29) is 16.9 Å². The number of halogens is 1. The number of benzene rings is 2. The summed E-state index contributed by atoms with van der Waals surface area (Å²) in [4.78, 5) is 29.9. The summed E-state index contributed by atoms with van der Waals surface area (Å²) in [7, 11) is 1.34. The lowest BCUT2D eigenvalue weighted by molar-refractivity contribution is -0.140. The quantitative estimate of drug-likeness (QED) is 0.290. The molecule has 0 aliphatic carbocycles. The van der Waals surface area contributed by atoms with Gasteiger partial charge in [-0.3, -0.25) is 9.59 Å². The highest BCUT2D eigenvalue weighted by Gasteiger charge is 2.46. The van der Waals surface area contributed by atoms with Crippen molar-refractivity contribution in [3.05, 3.63) is 65.0 Å². The van der Waals surface area contributed by atoms with Gasteiger partial charge in [-0.15, -0.1) is 0 Å². The molecule has 1 amide bonds. The van der Waals surface area contributed by atoms with Crippen LogP contribution in [0.5, 0.6) is 11.5 Å². The third-order valence-corrected chi connectivity index (χ3v) is 6.19. The first-order chi connectivity index (χ1) is 16.9. The number of hydrogen-bond acceptors (Lipinski definition) is 6. The van der Waals surface area contributed by atoms with Crippen molar-refractivity contribution in [1.82, 2.24) is 9.80 Å². The van der Waals surface area contributed by atoms with Crippen LogP contribution in [0, 0.1) is 5.82 Å². The van der Waals surface area contributed by atoms with Gasteiger partial charge in [0.1, 0.15) is 11.5 Å². The number of likely N-dealkylation sites (N-methyl/N-ethyl adjacent to an activating group) is 1. The lowest BCUT2D eigenvalue weighted by atomic mass is 9.95. The van der Waals surface area contributed by atoms with Crippen LogP contribution >= 0.6 is 0 Å². The molecule has 7 nitrogen and oxygen atoms in total. The lowest BCUT2D eigenvalue weighted by Crippen LogP contribution is -2.38. The Kier molecular flexibility index (Phi) is 8.87. The number of aliphatic hydroxyl groups excluding tert-OH is 1. The van der Waals surface area contributed by atoms with Gasteiger partial charge in [-0.2, -0.15) is 0 Å². The van der Waals surface area contributed by atoms with Crippen molar-refractivity contribution in [1.29, 1.82) is 0 Å². The average Bonchev–Trinajstić information content (AvgIpc) is 3.12. The zero-order valence-electron chi connectivity index (χ0n) is 20.7. The highest BCUT2D eigenvalue weighted by molar-refractivity contribution is 6.46. The minimum absolute atomic E-state index is 0.0143. The van der Waals surface area contributed by atoms with Gasteiger partial charge in [0, 0.05) is 18.7 Å². The molecule has 0 radical (unpaired) electrons. The maximum atomic E-state index is 14.4. The average molecular weight is 485 g/mol. The summed E-state index contributed by atoms with van der Waals surface area (Å²) in [6, 6.07) is 10.2. The van der Waals surface area contributed by atoms with Gasteiger partial charge in [0.15, 0.2) is 11.6 Å². The van der Waals surface area contributed by atoms with Crippen LogP contribution in [0.25, 0.3) is 5.76 Å². The maximum Gasteiger partial charge on any atom is 0.295 e. The van der Waals surface area contributed by atoms with Crippen LogP contribution in [0.4, 0.5) is 4.39 Å². The highest BCUT2D eigenvalue weighted by atomic mass is 19.1. The van der Waals surface area contributed by atoms with E-state index in [9.17, 15) is 19.1 Å². The summed E-state index contributed by atoms with van der Waals surface area (Å²) in [5, 5.41) is 11.1. The molecular formula is C27H33FN2O5. The smallest absolute Gasteiger partial charge is 0.295 e. The van der Waals surface area contributed by atoms with Crippen LogP contribution in [0.3, 0.4) is 0 Å². The Labute approximate surface area is 205 Å². The lowest BCUT2D eigenvalue weighted by Gasteiger charge is -2.28. The normalized spacial score (nSPS) is 17.3. The first-order valence-electron chi connectivity index (χ1n) is 11.9. The van der Waals surface area contributed by atoms with Crippen molar-refractivity contribution in [2.45, 2.75) is 33.2 Å². The molecule has 0 bridgehead atoms. The number of carbonyl (C=O) groups is 2. The molecule has 35 heavy (non-hydrogen) atoms. The third kappa shape index (κ3) is 5.65. The molecule has 2 aromatic rings. The van der Waals surface area contributed by atoms with Crippen molar-refractivity contribution in [3.63, 3.8) is 0 Å². The molecule has 188 valence electrons. The molecule has 0 aromatic heterocycles. The fraction of sp³-hybridized carbons (Fsp3) is 0.407. The molecular weight excluding hydrogens is 451 g/mol. The number of amides is 1. The van der Waals surface area contributed by atoms with Crippen molar-refractivity contribution in [2.24, 2.45) is 0 Å². The van der Waals surface area contributed by atoms with E-state index in [2.05, 4.69) is 4.90 Å². The number of aliphatic hydroxyl groups is 1. The number of rotatable bonds is 11. The number of likely N-dealkylation sites (tertiary alicyclic amines) is 1. The molecule has 1 heterocycles. The SMILES string of the molecule is CCCOc1ccc(C2C(=C(O)c3ccc(OC)c(F)c3)C(=O)C(=O)N2CCN(CC)CC)cc1. The van der Waals surface area contributed by atoms with E-state index in [4.69, 9.17) is 9.47 Å². The molecule has 1 saturated heterocycles. The molecule has 1 aliphatic heterocycles. The maximum absolute atomic E-state index is 14.4. The van der Waals surface area contributed by atoms with Crippen molar-refractivity contribution >= 4 is 17.4 Å². The minimum Gasteiger partial charge on any atom is -0.507 e. The van der Waals surface area contributed by atoms with Crippen LogP contribution in [-0.4, -0.2) is 66.5 Å². The number of ketones is 1. The first kappa shape index (κ1) is 26.2. The second-order valence-electron chi connectivity index (χ2n) is 8.29. The Hall–Kier alpha value is -3.39. The number of carbonyl (C=O) groups excluding carboxylic acids is 2. The summed E-state index contributed by atoms with van der Waals surface area (Å²) < 4.78 is 25.0. The van der Waals surface area contributed by atoms with Gasteiger partial charge in [0.05, 0.1) is 25.3 Å². The summed E-state index contributed by atoms with van der Waals surface area (Å²) in [6.07, 6.45) is 0.867. The molecule has 8 heteroatoms. The van der Waals surface area contributed by atoms with Crippen molar-refractivity contribution < 1.29 is 28.6 Å². The monoisotopic (exact) mass is 484 g/mol. The molecule has 0 saturated carbocycles. The van der Waals surface area contributed by atoms with E-state index in [0.29, 0.717) is 31.0 Å². The van der Waals surface area contributed by atoms with Crippen LogP contribution in [0.1, 0.15) is 44.4 Å². The van der Waals surface area contributed by atoms with Gasteiger partial charge < -0.3 is 24.4 Å². The van der Waals surface area contributed by atoms with E-state index in [0.717, 1.165) is 25.6 Å². The van der Waals surface area contributed by atoms with E-state index < -0.39 is 29.3 Å². The Bertz CT molecular complexity index is 1080. The van der Waals surface area contributed by atoms with Gasteiger partial charge in [-0.05, 0) is 55.4 Å². The molecule has 2 aromatic carbocycles. The van der Waals surface area contributed by atoms with E-state index in [1.807, 2.05) is 20.8 Å². The molecule has 0 spiro atoms. The predicted octanol–water partition coefficient (Wildman–Crippen LogP) is 4.39. The third-order valence-electron chi connectivity index (χ3n) is 6.19. The van der Waals surface area contributed by atoms with Gasteiger partial charge in [0.2, 0.25) is 0 Å². The number of hydrogen-bond donors (Lipinski definition) is 1. The number of nitrogens with zero attached hydrogens (tertiary/aromatic N) is 2. The van der Waals surface area contributed by atoms with Crippen LogP contribution < -0.4 is 9.47 Å². The van der Waals surface area contributed by atoms with E-state index in [1.165, 1.54) is 24.1 Å². The molecule has 1 atom stereocenters. The summed E-state index contributed by atoms with van der Waals surface area (Å²) in [5.41, 5.74) is 0.683. The van der Waals surface area contributed by atoms with Crippen LogP contribution in [-0.2, 0) is 9.59 Å². The summed E-state index contributed by atoms with van der Waals surface area (Å²) >= 11 is 0. The molecule has 1 unspecified atom stereocenters. The van der Waals surface area contributed by atoms with Gasteiger partial charge in [0.25, 0.3) is 11.7 Å². The Morgan fingerprint density at radius 3 is 2.34 bits per heavy atom. The summed E-state index contributed by atoms with van der Waals surface area (Å²) in [5.74, 6) is -1.90. The Morgan fingerprint density at radius 1 is 1.09 bits per heavy atom. The predicted molar refractivity (Wildman–Crippen MR) is 132 cm³/mol. The number of Topliss-reactive ketones (excluding diaryl/α,β-unsaturated/α-hetero) is 1. The second kappa shape index (κ2) is 11.8. The second-order valence-corrected chi connectivity index (χ2v) is 8.29. The molecule has 1 fully saturated rings. The standard InChI is InChI=1S/C27H33FN2O5/c1-5-16-35-20-11-8-18(9-12-20)24-23(25(31)19-10-13-22(34-4)21(28)17-19)26(32)27(33)30(24)15-14-29(6-2)7-3/h8-13,17,24,31H,5-7,14-16H2,1-4H3. The number of ether oxygens (including phenoxy) is 2. The fourth-order valence-electron chi connectivity index (χ4n) is 4.18. The highest BCUT2D eigenvalue weighted by Crippen LogP contribution is 2.40. The van der Waals surface area contributed by atoms with Crippen molar-refractivity contribution in [2.75, 3.05) is 39.9 Å². The topological polar surface area (TPSA) is 79.3 Å². The minimum atomic E-state index is -0.809. The van der Waals surface area contributed by atoms with Gasteiger partial charge in [-0.1, -0.05) is 32.9 Å². The Balaban J connectivity index is 2.07. The van der Waals surface area contributed by atoms with Crippen LogP contribution in [0.15, 0.2) is 48.0 Å². The largest absolute Gasteiger partial charge is 0.507 e. The first-order valence-corrected chi connectivity index (χ1v) is 11.9. The van der Waals surface area contributed by atoms with E-state index >= 15 is 0 Å². The molecule has 1 N–H and O–H groups in total. The zero-order valence-corrected chi connectivity index (χ0v) is 20.7. The van der Waals surface area contributed by atoms with Crippen LogP contribution in [0.2, 0.25) is 0 Å². The molecule has 1 aliphatic rings.